The summed E-state index contributed by atoms with van der Waals surface area (Å²) in [5.74, 6) is 0.475. The van der Waals surface area contributed by atoms with Crippen LogP contribution in [0.3, 0.4) is 0 Å². The van der Waals surface area contributed by atoms with Crippen molar-refractivity contribution in [1.82, 2.24) is 14.8 Å². The lowest BCUT2D eigenvalue weighted by Crippen LogP contribution is -2.56. The molecule has 0 spiro atoms. The van der Waals surface area contributed by atoms with Crippen molar-refractivity contribution in [3.8, 4) is 0 Å². The van der Waals surface area contributed by atoms with E-state index in [1.54, 1.807) is 6.07 Å². The van der Waals surface area contributed by atoms with Crippen LogP contribution in [-0.2, 0) is 6.42 Å². The number of likely N-dealkylation sites (N-methyl/N-ethyl adjacent to an activating group) is 1. The van der Waals surface area contributed by atoms with E-state index in [1.165, 1.54) is 0 Å². The van der Waals surface area contributed by atoms with Crippen molar-refractivity contribution in [2.45, 2.75) is 39.3 Å². The van der Waals surface area contributed by atoms with E-state index in [4.69, 9.17) is 5.73 Å². The summed E-state index contributed by atoms with van der Waals surface area (Å²) in [5.41, 5.74) is 7.30. The van der Waals surface area contributed by atoms with Gasteiger partial charge in [0.1, 0.15) is 5.82 Å². The first-order valence-electron chi connectivity index (χ1n) is 7.20. The average molecular weight is 276 g/mol. The number of amides is 1. The smallest absolute Gasteiger partial charge is 0.254 e. The number of anilines is 1. The second kappa shape index (κ2) is 5.79. The molecular weight excluding hydrogens is 252 g/mol. The Hall–Kier alpha value is -1.62. The maximum Gasteiger partial charge on any atom is 0.254 e. The number of nitrogen functional groups attached to an aromatic ring is 1. The van der Waals surface area contributed by atoms with Gasteiger partial charge in [0.25, 0.3) is 5.91 Å². The maximum atomic E-state index is 12.6. The van der Waals surface area contributed by atoms with Gasteiger partial charge >= 0.3 is 0 Å². The van der Waals surface area contributed by atoms with Crippen LogP contribution in [0.5, 0.6) is 0 Å². The standard InChI is InChI=1S/C15H24N4O/c1-5-13-6-12(7-14(16)17-13)15(20)19-8-10(2)18(4)11(3)9-19/h6-7,10-11H,5,8-9H2,1-4H3,(H2,16,17). The molecule has 1 amide bonds. The van der Waals surface area contributed by atoms with Crippen molar-refractivity contribution in [2.75, 3.05) is 25.9 Å². The zero-order valence-electron chi connectivity index (χ0n) is 12.8. The fourth-order valence-corrected chi connectivity index (χ4v) is 2.67. The lowest BCUT2D eigenvalue weighted by molar-refractivity contribution is 0.0414. The number of nitrogens with zero attached hydrogens (tertiary/aromatic N) is 3. The van der Waals surface area contributed by atoms with E-state index >= 15 is 0 Å². The first kappa shape index (κ1) is 14.8. The minimum atomic E-state index is 0.0561. The highest BCUT2D eigenvalue weighted by molar-refractivity contribution is 5.95. The van der Waals surface area contributed by atoms with Crippen LogP contribution >= 0.6 is 0 Å². The summed E-state index contributed by atoms with van der Waals surface area (Å²) < 4.78 is 0. The van der Waals surface area contributed by atoms with Crippen LogP contribution in [0.25, 0.3) is 0 Å². The molecule has 0 bridgehead atoms. The third-order valence-corrected chi connectivity index (χ3v) is 4.15. The highest BCUT2D eigenvalue weighted by Gasteiger charge is 2.29. The van der Waals surface area contributed by atoms with Crippen LogP contribution in [0.2, 0.25) is 0 Å². The zero-order chi connectivity index (χ0) is 14.9. The van der Waals surface area contributed by atoms with E-state index in [-0.39, 0.29) is 5.91 Å². The highest BCUT2D eigenvalue weighted by atomic mass is 16.2. The SMILES string of the molecule is CCc1cc(C(=O)N2CC(C)N(C)C(C)C2)cc(N)n1. The molecule has 0 aliphatic carbocycles. The van der Waals surface area contributed by atoms with Crippen molar-refractivity contribution < 1.29 is 4.79 Å². The third-order valence-electron chi connectivity index (χ3n) is 4.15. The van der Waals surface area contributed by atoms with Crippen LogP contribution in [-0.4, -0.2) is 52.9 Å². The number of hydrogen-bond acceptors (Lipinski definition) is 4. The van der Waals surface area contributed by atoms with Gasteiger partial charge in [-0.25, -0.2) is 4.98 Å². The molecule has 110 valence electrons. The molecule has 2 N–H and O–H groups in total. The van der Waals surface area contributed by atoms with E-state index in [0.717, 1.165) is 25.2 Å². The number of pyridine rings is 1. The molecule has 5 heteroatoms. The predicted molar refractivity (Wildman–Crippen MR) is 80.6 cm³/mol. The van der Waals surface area contributed by atoms with Crippen molar-refractivity contribution in [1.29, 1.82) is 0 Å². The highest BCUT2D eigenvalue weighted by Crippen LogP contribution is 2.17. The van der Waals surface area contributed by atoms with Crippen LogP contribution in [0.4, 0.5) is 5.82 Å². The molecule has 0 radical (unpaired) electrons. The summed E-state index contributed by atoms with van der Waals surface area (Å²) in [5, 5.41) is 0. The molecule has 2 unspecified atom stereocenters. The zero-order valence-corrected chi connectivity index (χ0v) is 12.8. The Bertz CT molecular complexity index is 491. The number of nitrogens with two attached hydrogens (primary N) is 1. The minimum absolute atomic E-state index is 0.0561. The second-order valence-corrected chi connectivity index (χ2v) is 5.70. The monoisotopic (exact) mass is 276 g/mol. The number of aryl methyl sites for hydroxylation is 1. The molecule has 2 rings (SSSR count). The number of carbonyl (C=O) groups excluding carboxylic acids is 1. The Morgan fingerprint density at radius 3 is 2.50 bits per heavy atom. The lowest BCUT2D eigenvalue weighted by atomic mass is 10.1. The molecule has 2 heterocycles. The summed E-state index contributed by atoms with van der Waals surface area (Å²) in [4.78, 5) is 21.1. The summed E-state index contributed by atoms with van der Waals surface area (Å²) in [7, 11) is 2.11. The number of rotatable bonds is 2. The van der Waals surface area contributed by atoms with E-state index in [1.807, 2.05) is 17.9 Å². The van der Waals surface area contributed by atoms with E-state index < -0.39 is 0 Å². The van der Waals surface area contributed by atoms with Crippen LogP contribution in [0.1, 0.15) is 36.8 Å². The topological polar surface area (TPSA) is 62.5 Å². The predicted octanol–water partition coefficient (Wildman–Crippen LogP) is 1.39. The Kier molecular flexibility index (Phi) is 4.28. The Morgan fingerprint density at radius 1 is 1.35 bits per heavy atom. The van der Waals surface area contributed by atoms with Gasteiger partial charge in [-0.1, -0.05) is 6.92 Å². The first-order valence-corrected chi connectivity index (χ1v) is 7.20. The third kappa shape index (κ3) is 2.93. The quantitative estimate of drug-likeness (QED) is 0.886. The molecule has 2 atom stereocenters. The number of carbonyl (C=O) groups is 1. The van der Waals surface area contributed by atoms with Crippen LogP contribution in [0.15, 0.2) is 12.1 Å². The van der Waals surface area contributed by atoms with Gasteiger partial charge in [0.2, 0.25) is 0 Å². The normalized spacial score (nSPS) is 23.9. The molecule has 20 heavy (non-hydrogen) atoms. The molecule has 1 saturated heterocycles. The van der Waals surface area contributed by atoms with E-state index in [0.29, 0.717) is 23.5 Å². The average Bonchev–Trinajstić information content (AvgIpc) is 2.42. The Balaban J connectivity index is 2.21. The molecule has 1 aliphatic rings. The van der Waals surface area contributed by atoms with Crippen LogP contribution in [0, 0.1) is 0 Å². The molecule has 1 fully saturated rings. The fraction of sp³-hybridized carbons (Fsp3) is 0.600. The largest absolute Gasteiger partial charge is 0.384 e. The van der Waals surface area contributed by atoms with Gasteiger partial charge in [-0.3, -0.25) is 9.69 Å². The van der Waals surface area contributed by atoms with Gasteiger partial charge in [0.15, 0.2) is 0 Å². The van der Waals surface area contributed by atoms with Crippen molar-refractivity contribution >= 4 is 11.7 Å². The minimum Gasteiger partial charge on any atom is -0.384 e. The van der Waals surface area contributed by atoms with Gasteiger partial charge in [0, 0.05) is 36.4 Å². The second-order valence-electron chi connectivity index (χ2n) is 5.70. The molecule has 1 aromatic heterocycles. The number of hydrogen-bond donors (Lipinski definition) is 1. The molecule has 1 aromatic rings. The van der Waals surface area contributed by atoms with Crippen molar-refractivity contribution in [2.24, 2.45) is 0 Å². The molecule has 5 nitrogen and oxygen atoms in total. The number of piperazine rings is 1. The molecule has 0 aromatic carbocycles. The van der Waals surface area contributed by atoms with Gasteiger partial charge in [-0.15, -0.1) is 0 Å². The van der Waals surface area contributed by atoms with E-state index in [2.05, 4.69) is 30.8 Å². The summed E-state index contributed by atoms with van der Waals surface area (Å²) >= 11 is 0. The van der Waals surface area contributed by atoms with Crippen molar-refractivity contribution in [3.63, 3.8) is 0 Å². The first-order chi connectivity index (χ1) is 9.42. The Morgan fingerprint density at radius 2 is 1.95 bits per heavy atom. The summed E-state index contributed by atoms with van der Waals surface area (Å²) in [6.45, 7) is 7.81. The van der Waals surface area contributed by atoms with Gasteiger partial charge in [-0.05, 0) is 39.4 Å². The fourth-order valence-electron chi connectivity index (χ4n) is 2.67. The van der Waals surface area contributed by atoms with Crippen molar-refractivity contribution in [3.05, 3.63) is 23.4 Å². The Labute approximate surface area is 120 Å². The lowest BCUT2D eigenvalue weighted by Gasteiger charge is -2.42. The van der Waals surface area contributed by atoms with Gasteiger partial charge in [-0.2, -0.15) is 0 Å². The summed E-state index contributed by atoms with van der Waals surface area (Å²) in [6.07, 6.45) is 0.779. The van der Waals surface area contributed by atoms with Gasteiger partial charge < -0.3 is 10.6 Å². The molecule has 1 aliphatic heterocycles. The summed E-state index contributed by atoms with van der Waals surface area (Å²) in [6, 6.07) is 4.27. The van der Waals surface area contributed by atoms with Gasteiger partial charge in [0.05, 0.1) is 0 Å². The molecular formula is C15H24N4O. The van der Waals surface area contributed by atoms with E-state index in [9.17, 15) is 4.79 Å². The number of aromatic nitrogens is 1. The maximum absolute atomic E-state index is 12.6. The molecule has 0 saturated carbocycles. The van der Waals surface area contributed by atoms with Crippen LogP contribution < -0.4 is 5.73 Å².